The van der Waals surface area contributed by atoms with Crippen molar-refractivity contribution in [3.05, 3.63) is 28.8 Å². The second kappa shape index (κ2) is 11.7. The molecule has 1 aromatic rings. The van der Waals surface area contributed by atoms with Gasteiger partial charge in [0.2, 0.25) is 11.8 Å². The molecule has 1 aromatic carbocycles. The van der Waals surface area contributed by atoms with Crippen molar-refractivity contribution >= 4 is 40.8 Å². The molecular formula is C25H35ClN4O4. The van der Waals surface area contributed by atoms with Crippen molar-refractivity contribution in [1.29, 1.82) is 0 Å². The zero-order valence-electron chi connectivity index (χ0n) is 20.2. The van der Waals surface area contributed by atoms with Crippen LogP contribution in [-0.4, -0.2) is 60.1 Å². The molecule has 186 valence electrons. The Balaban J connectivity index is 1.60. The van der Waals surface area contributed by atoms with Crippen LogP contribution >= 0.6 is 11.6 Å². The first kappa shape index (κ1) is 26.0. The number of hydrogen-bond donors (Lipinski definition) is 3. The Hall–Kier alpha value is -2.61. The van der Waals surface area contributed by atoms with Gasteiger partial charge in [0.1, 0.15) is 17.9 Å². The van der Waals surface area contributed by atoms with Gasteiger partial charge in [-0.05, 0) is 57.2 Å². The SMILES string of the molecule is CNc1ccc(C(=O)NC(C)C(=O)N2CCCC2C(=O)NC(CC(C)=O)CC2CCC2)cc1Cl. The molecule has 1 saturated carbocycles. The summed E-state index contributed by atoms with van der Waals surface area (Å²) in [5.41, 5.74) is 1.05. The van der Waals surface area contributed by atoms with Gasteiger partial charge in [0.05, 0.1) is 10.7 Å². The van der Waals surface area contributed by atoms with Crippen molar-refractivity contribution in [2.75, 3.05) is 18.9 Å². The van der Waals surface area contributed by atoms with E-state index in [0.29, 0.717) is 48.0 Å². The van der Waals surface area contributed by atoms with Crippen LogP contribution in [0.15, 0.2) is 18.2 Å². The summed E-state index contributed by atoms with van der Waals surface area (Å²) >= 11 is 6.16. The van der Waals surface area contributed by atoms with E-state index in [1.54, 1.807) is 37.1 Å². The Bertz CT molecular complexity index is 933. The Morgan fingerprint density at radius 2 is 1.85 bits per heavy atom. The zero-order valence-corrected chi connectivity index (χ0v) is 20.9. The van der Waals surface area contributed by atoms with E-state index in [1.165, 1.54) is 13.3 Å². The molecule has 3 unspecified atom stereocenters. The van der Waals surface area contributed by atoms with Crippen LogP contribution in [0.25, 0.3) is 0 Å². The number of nitrogens with one attached hydrogen (secondary N) is 3. The minimum absolute atomic E-state index is 0.0446. The third-order valence-electron chi connectivity index (χ3n) is 6.78. The molecule has 0 aromatic heterocycles. The highest BCUT2D eigenvalue weighted by atomic mass is 35.5. The number of rotatable bonds is 10. The molecule has 1 saturated heterocycles. The lowest BCUT2D eigenvalue weighted by molar-refractivity contribution is -0.140. The minimum atomic E-state index is -0.799. The molecule has 9 heteroatoms. The van der Waals surface area contributed by atoms with E-state index in [1.807, 2.05) is 0 Å². The smallest absolute Gasteiger partial charge is 0.251 e. The van der Waals surface area contributed by atoms with Gasteiger partial charge < -0.3 is 20.9 Å². The molecule has 3 rings (SSSR count). The van der Waals surface area contributed by atoms with Gasteiger partial charge in [-0.2, -0.15) is 0 Å². The number of anilines is 1. The molecule has 2 aliphatic rings. The number of likely N-dealkylation sites (tertiary alicyclic amines) is 1. The lowest BCUT2D eigenvalue weighted by Gasteiger charge is -2.32. The molecule has 1 aliphatic heterocycles. The first-order chi connectivity index (χ1) is 16.2. The molecule has 1 aliphatic carbocycles. The van der Waals surface area contributed by atoms with E-state index in [-0.39, 0.29) is 23.6 Å². The number of nitrogens with zero attached hydrogens (tertiary/aromatic N) is 1. The van der Waals surface area contributed by atoms with Crippen LogP contribution in [-0.2, 0) is 14.4 Å². The predicted octanol–water partition coefficient (Wildman–Crippen LogP) is 3.15. The molecule has 34 heavy (non-hydrogen) atoms. The number of halogens is 1. The second-order valence-electron chi connectivity index (χ2n) is 9.47. The number of hydrogen-bond acceptors (Lipinski definition) is 5. The lowest BCUT2D eigenvalue weighted by atomic mass is 9.80. The van der Waals surface area contributed by atoms with Gasteiger partial charge in [-0.25, -0.2) is 0 Å². The summed E-state index contributed by atoms with van der Waals surface area (Å²) in [6.45, 7) is 3.61. The monoisotopic (exact) mass is 490 g/mol. The largest absolute Gasteiger partial charge is 0.387 e. The van der Waals surface area contributed by atoms with E-state index in [2.05, 4.69) is 16.0 Å². The molecular weight excluding hydrogens is 456 g/mol. The average molecular weight is 491 g/mol. The Kier molecular flexibility index (Phi) is 8.94. The fourth-order valence-electron chi connectivity index (χ4n) is 4.72. The van der Waals surface area contributed by atoms with Crippen LogP contribution in [0.5, 0.6) is 0 Å². The molecule has 3 atom stereocenters. The number of Topliss-reactive ketones (excluding diaryl/α,β-unsaturated/α-hetero) is 1. The Morgan fingerprint density at radius 1 is 1.12 bits per heavy atom. The highest BCUT2D eigenvalue weighted by Gasteiger charge is 2.37. The summed E-state index contributed by atoms with van der Waals surface area (Å²) < 4.78 is 0. The molecule has 1 heterocycles. The summed E-state index contributed by atoms with van der Waals surface area (Å²) in [7, 11) is 1.74. The maximum absolute atomic E-state index is 13.1. The number of carbonyl (C=O) groups excluding carboxylic acids is 4. The van der Waals surface area contributed by atoms with Gasteiger partial charge in [-0.1, -0.05) is 30.9 Å². The van der Waals surface area contributed by atoms with E-state index < -0.39 is 18.0 Å². The molecule has 0 bridgehead atoms. The van der Waals surface area contributed by atoms with Crippen molar-refractivity contribution in [3.63, 3.8) is 0 Å². The van der Waals surface area contributed by atoms with Gasteiger partial charge in [0, 0.05) is 31.6 Å². The summed E-state index contributed by atoms with van der Waals surface area (Å²) in [6, 6.07) is 3.29. The summed E-state index contributed by atoms with van der Waals surface area (Å²) in [4.78, 5) is 52.1. The normalized spacial score (nSPS) is 19.6. The van der Waals surface area contributed by atoms with Gasteiger partial charge in [-0.3, -0.25) is 19.2 Å². The van der Waals surface area contributed by atoms with Crippen LogP contribution < -0.4 is 16.0 Å². The molecule has 8 nitrogen and oxygen atoms in total. The fourth-order valence-corrected chi connectivity index (χ4v) is 5.00. The van der Waals surface area contributed by atoms with E-state index in [4.69, 9.17) is 11.6 Å². The van der Waals surface area contributed by atoms with Crippen LogP contribution in [0, 0.1) is 5.92 Å². The van der Waals surface area contributed by atoms with Crippen LogP contribution in [0.4, 0.5) is 5.69 Å². The van der Waals surface area contributed by atoms with Crippen molar-refractivity contribution in [2.45, 2.75) is 76.9 Å². The molecule has 3 amide bonds. The quantitative estimate of drug-likeness (QED) is 0.467. The molecule has 0 radical (unpaired) electrons. The van der Waals surface area contributed by atoms with Crippen molar-refractivity contribution in [1.82, 2.24) is 15.5 Å². The van der Waals surface area contributed by atoms with Crippen LogP contribution in [0.1, 0.15) is 69.2 Å². The minimum Gasteiger partial charge on any atom is -0.387 e. The number of benzene rings is 1. The first-order valence-electron chi connectivity index (χ1n) is 12.1. The zero-order chi connectivity index (χ0) is 24.8. The number of carbonyl (C=O) groups is 4. The standard InChI is InChI=1S/C25H35ClN4O4/c1-15(31)12-19(13-17-6-4-7-17)29-24(33)22-8-5-11-30(22)25(34)16(2)28-23(32)18-9-10-21(27-3)20(26)14-18/h9-10,14,16-17,19,22,27H,4-8,11-13H2,1-3H3,(H,28,32)(H,29,33). The highest BCUT2D eigenvalue weighted by molar-refractivity contribution is 6.33. The Labute approximate surface area is 206 Å². The van der Waals surface area contributed by atoms with Crippen LogP contribution in [0.3, 0.4) is 0 Å². The van der Waals surface area contributed by atoms with Crippen molar-refractivity contribution in [2.24, 2.45) is 5.92 Å². The van der Waals surface area contributed by atoms with E-state index >= 15 is 0 Å². The third-order valence-corrected chi connectivity index (χ3v) is 7.09. The summed E-state index contributed by atoms with van der Waals surface area (Å²) in [5.74, 6) is -0.330. The van der Waals surface area contributed by atoms with Crippen molar-refractivity contribution < 1.29 is 19.2 Å². The van der Waals surface area contributed by atoms with Crippen molar-refractivity contribution in [3.8, 4) is 0 Å². The van der Waals surface area contributed by atoms with Crippen LogP contribution in [0.2, 0.25) is 5.02 Å². The maximum Gasteiger partial charge on any atom is 0.251 e. The fraction of sp³-hybridized carbons (Fsp3) is 0.600. The average Bonchev–Trinajstić information content (AvgIpc) is 3.25. The summed E-state index contributed by atoms with van der Waals surface area (Å²) in [5, 5.41) is 9.10. The number of ketones is 1. The predicted molar refractivity (Wildman–Crippen MR) is 132 cm³/mol. The lowest BCUT2D eigenvalue weighted by Crippen LogP contribution is -2.54. The number of amides is 3. The third kappa shape index (κ3) is 6.50. The first-order valence-corrected chi connectivity index (χ1v) is 12.5. The van der Waals surface area contributed by atoms with E-state index in [0.717, 1.165) is 19.3 Å². The van der Waals surface area contributed by atoms with E-state index in [9.17, 15) is 19.2 Å². The van der Waals surface area contributed by atoms with Gasteiger partial charge in [-0.15, -0.1) is 0 Å². The molecule has 3 N–H and O–H groups in total. The second-order valence-corrected chi connectivity index (χ2v) is 9.88. The van der Waals surface area contributed by atoms with Gasteiger partial charge >= 0.3 is 0 Å². The van der Waals surface area contributed by atoms with Gasteiger partial charge in [0.25, 0.3) is 5.91 Å². The van der Waals surface area contributed by atoms with Gasteiger partial charge in [0.15, 0.2) is 0 Å². The Morgan fingerprint density at radius 3 is 2.44 bits per heavy atom. The molecule has 0 spiro atoms. The summed E-state index contributed by atoms with van der Waals surface area (Å²) in [6.07, 6.45) is 5.86. The maximum atomic E-state index is 13.1. The molecule has 2 fully saturated rings. The highest BCUT2D eigenvalue weighted by Crippen LogP contribution is 2.31. The topological polar surface area (TPSA) is 108 Å².